The monoisotopic (exact) mass is 428 g/mol. The van der Waals surface area contributed by atoms with Crippen LogP contribution in [0.5, 0.6) is 0 Å². The zero-order valence-electron chi connectivity index (χ0n) is 17.1. The van der Waals surface area contributed by atoms with Crippen LogP contribution in [0.1, 0.15) is 22.8 Å². The van der Waals surface area contributed by atoms with Gasteiger partial charge in [0, 0.05) is 43.4 Å². The molecule has 31 heavy (non-hydrogen) atoms. The molecule has 1 amide bonds. The first-order chi connectivity index (χ1) is 14.9. The van der Waals surface area contributed by atoms with Gasteiger partial charge >= 0.3 is 6.18 Å². The molecule has 1 aliphatic heterocycles. The maximum absolute atomic E-state index is 12.9. The van der Waals surface area contributed by atoms with Crippen molar-refractivity contribution in [2.24, 2.45) is 0 Å². The van der Waals surface area contributed by atoms with E-state index in [-0.39, 0.29) is 0 Å². The number of nitrogens with zero attached hydrogens (tertiary/aromatic N) is 3. The fourth-order valence-corrected chi connectivity index (χ4v) is 3.83. The number of rotatable bonds is 4. The van der Waals surface area contributed by atoms with E-state index in [1.54, 1.807) is 6.20 Å². The number of halogens is 3. The number of hydrogen-bond acceptors (Lipinski definition) is 4. The SMILES string of the molecule is CCN1CCN(c2ncc(C(=O)Nc3ccc(C(F)(F)F)cc3)c3ccccc23)CC1. The smallest absolute Gasteiger partial charge is 0.354 e. The van der Waals surface area contributed by atoms with E-state index in [4.69, 9.17) is 0 Å². The summed E-state index contributed by atoms with van der Waals surface area (Å²) in [6, 6.07) is 12.0. The molecule has 0 aliphatic carbocycles. The Balaban J connectivity index is 1.59. The molecule has 0 atom stereocenters. The first kappa shape index (κ1) is 21.1. The third kappa shape index (κ3) is 4.49. The van der Waals surface area contributed by atoms with Crippen molar-refractivity contribution in [1.29, 1.82) is 0 Å². The maximum atomic E-state index is 12.9. The van der Waals surface area contributed by atoms with E-state index in [0.29, 0.717) is 11.3 Å². The Morgan fingerprint density at radius 1 is 1.00 bits per heavy atom. The summed E-state index contributed by atoms with van der Waals surface area (Å²) in [7, 11) is 0. The number of hydrogen-bond donors (Lipinski definition) is 1. The second-order valence-electron chi connectivity index (χ2n) is 7.49. The zero-order chi connectivity index (χ0) is 22.0. The lowest BCUT2D eigenvalue weighted by molar-refractivity contribution is -0.137. The summed E-state index contributed by atoms with van der Waals surface area (Å²) in [4.78, 5) is 22.1. The van der Waals surface area contributed by atoms with Crippen molar-refractivity contribution in [3.05, 3.63) is 65.9 Å². The van der Waals surface area contributed by atoms with Crippen LogP contribution in [-0.4, -0.2) is 48.5 Å². The number of piperazine rings is 1. The summed E-state index contributed by atoms with van der Waals surface area (Å²) in [5, 5.41) is 4.32. The number of amides is 1. The lowest BCUT2D eigenvalue weighted by Crippen LogP contribution is -2.46. The normalized spacial score (nSPS) is 15.3. The van der Waals surface area contributed by atoms with Crippen molar-refractivity contribution in [3.63, 3.8) is 0 Å². The van der Waals surface area contributed by atoms with Crippen molar-refractivity contribution in [2.75, 3.05) is 42.9 Å². The summed E-state index contributed by atoms with van der Waals surface area (Å²) < 4.78 is 38.3. The summed E-state index contributed by atoms with van der Waals surface area (Å²) in [5.74, 6) is 0.434. The van der Waals surface area contributed by atoms with Crippen molar-refractivity contribution in [1.82, 2.24) is 9.88 Å². The summed E-state index contributed by atoms with van der Waals surface area (Å²) in [6.07, 6.45) is -2.87. The highest BCUT2D eigenvalue weighted by Gasteiger charge is 2.30. The van der Waals surface area contributed by atoms with E-state index in [1.165, 1.54) is 12.1 Å². The largest absolute Gasteiger partial charge is 0.416 e. The molecule has 1 saturated heterocycles. The molecule has 4 rings (SSSR count). The molecule has 1 aliphatic rings. The molecule has 5 nitrogen and oxygen atoms in total. The highest BCUT2D eigenvalue weighted by atomic mass is 19.4. The topological polar surface area (TPSA) is 48.5 Å². The predicted octanol–water partition coefficient (Wildman–Crippen LogP) is 4.65. The van der Waals surface area contributed by atoms with E-state index in [1.807, 2.05) is 24.3 Å². The highest BCUT2D eigenvalue weighted by Crippen LogP contribution is 2.31. The summed E-state index contributed by atoms with van der Waals surface area (Å²) >= 11 is 0. The molecular weight excluding hydrogens is 405 g/mol. The molecule has 3 aromatic rings. The van der Waals surface area contributed by atoms with Crippen LogP contribution in [0.2, 0.25) is 0 Å². The average molecular weight is 428 g/mol. The third-order valence-corrected chi connectivity index (χ3v) is 5.61. The predicted molar refractivity (Wildman–Crippen MR) is 115 cm³/mol. The molecule has 0 spiro atoms. The first-order valence-corrected chi connectivity index (χ1v) is 10.2. The average Bonchev–Trinajstić information content (AvgIpc) is 2.78. The minimum Gasteiger partial charge on any atom is -0.354 e. The second-order valence-corrected chi connectivity index (χ2v) is 7.49. The van der Waals surface area contributed by atoms with Crippen LogP contribution < -0.4 is 10.2 Å². The molecule has 0 radical (unpaired) electrons. The van der Waals surface area contributed by atoms with Crippen LogP contribution in [0.3, 0.4) is 0 Å². The first-order valence-electron chi connectivity index (χ1n) is 10.2. The maximum Gasteiger partial charge on any atom is 0.416 e. The number of nitrogens with one attached hydrogen (secondary N) is 1. The standard InChI is InChI=1S/C23H23F3N4O/c1-2-29-11-13-30(14-12-29)21-19-6-4-3-5-18(19)20(15-27-21)22(31)28-17-9-7-16(8-10-17)23(24,25)26/h3-10,15H,2,11-14H2,1H3,(H,28,31). The number of aromatic nitrogens is 1. The molecule has 1 fully saturated rings. The highest BCUT2D eigenvalue weighted by molar-refractivity contribution is 6.14. The van der Waals surface area contributed by atoms with Gasteiger partial charge in [-0.05, 0) is 36.2 Å². The molecule has 1 aromatic heterocycles. The number of carbonyl (C=O) groups excluding carboxylic acids is 1. The molecule has 8 heteroatoms. The van der Waals surface area contributed by atoms with E-state index < -0.39 is 17.6 Å². The van der Waals surface area contributed by atoms with E-state index in [9.17, 15) is 18.0 Å². The van der Waals surface area contributed by atoms with Gasteiger partial charge in [-0.3, -0.25) is 4.79 Å². The number of carbonyl (C=O) groups is 1. The van der Waals surface area contributed by atoms with Crippen LogP contribution in [0.4, 0.5) is 24.7 Å². The lowest BCUT2D eigenvalue weighted by Gasteiger charge is -2.35. The number of likely N-dealkylation sites (N-methyl/N-ethyl adjacent to an activating group) is 1. The van der Waals surface area contributed by atoms with Gasteiger partial charge in [0.2, 0.25) is 0 Å². The number of anilines is 2. The lowest BCUT2D eigenvalue weighted by atomic mass is 10.1. The van der Waals surface area contributed by atoms with Crippen molar-refractivity contribution in [3.8, 4) is 0 Å². The molecule has 0 saturated carbocycles. The van der Waals surface area contributed by atoms with Gasteiger partial charge in [-0.2, -0.15) is 13.2 Å². The Morgan fingerprint density at radius 3 is 2.26 bits per heavy atom. The Labute approximate surface area is 178 Å². The van der Waals surface area contributed by atoms with Gasteiger partial charge < -0.3 is 15.1 Å². The Kier molecular flexibility index (Phi) is 5.82. The molecule has 162 valence electrons. The Bertz CT molecular complexity index is 1070. The van der Waals surface area contributed by atoms with Crippen molar-refractivity contribution >= 4 is 28.2 Å². The Hall–Kier alpha value is -3.13. The van der Waals surface area contributed by atoms with Crippen molar-refractivity contribution < 1.29 is 18.0 Å². The van der Waals surface area contributed by atoms with Crippen LogP contribution in [0.25, 0.3) is 10.8 Å². The van der Waals surface area contributed by atoms with Gasteiger partial charge in [0.1, 0.15) is 5.82 Å². The van der Waals surface area contributed by atoms with Gasteiger partial charge in [-0.25, -0.2) is 4.98 Å². The quantitative estimate of drug-likeness (QED) is 0.657. The van der Waals surface area contributed by atoms with Gasteiger partial charge in [0.15, 0.2) is 0 Å². The number of alkyl halides is 3. The van der Waals surface area contributed by atoms with Crippen LogP contribution in [0, 0.1) is 0 Å². The minimum atomic E-state index is -4.42. The molecular formula is C23H23F3N4O. The molecule has 2 heterocycles. The Morgan fingerprint density at radius 2 is 1.65 bits per heavy atom. The van der Waals surface area contributed by atoms with E-state index >= 15 is 0 Å². The van der Waals surface area contributed by atoms with Gasteiger partial charge in [-0.1, -0.05) is 31.2 Å². The van der Waals surface area contributed by atoms with Gasteiger partial charge in [-0.15, -0.1) is 0 Å². The number of pyridine rings is 1. The van der Waals surface area contributed by atoms with Crippen LogP contribution >= 0.6 is 0 Å². The third-order valence-electron chi connectivity index (χ3n) is 5.61. The molecule has 2 aromatic carbocycles. The zero-order valence-corrected chi connectivity index (χ0v) is 17.1. The second kappa shape index (κ2) is 8.55. The van der Waals surface area contributed by atoms with Gasteiger partial charge in [0.25, 0.3) is 5.91 Å². The van der Waals surface area contributed by atoms with Gasteiger partial charge in [0.05, 0.1) is 11.1 Å². The fraction of sp³-hybridized carbons (Fsp3) is 0.304. The molecule has 0 bridgehead atoms. The van der Waals surface area contributed by atoms with Crippen LogP contribution in [-0.2, 0) is 6.18 Å². The van der Waals surface area contributed by atoms with Crippen molar-refractivity contribution in [2.45, 2.75) is 13.1 Å². The number of benzene rings is 2. The number of fused-ring (bicyclic) bond motifs is 1. The van der Waals surface area contributed by atoms with E-state index in [0.717, 1.165) is 61.4 Å². The minimum absolute atomic E-state index is 0.293. The fourth-order valence-electron chi connectivity index (χ4n) is 3.83. The molecule has 1 N–H and O–H groups in total. The summed E-state index contributed by atoms with van der Waals surface area (Å²) in [5.41, 5.74) is -0.0848. The van der Waals surface area contributed by atoms with E-state index in [2.05, 4.69) is 27.0 Å². The molecule has 0 unspecified atom stereocenters. The summed E-state index contributed by atoms with van der Waals surface area (Å²) in [6.45, 7) is 6.81. The van der Waals surface area contributed by atoms with Crippen LogP contribution in [0.15, 0.2) is 54.7 Å².